The second-order valence-corrected chi connectivity index (χ2v) is 9.21. The minimum atomic E-state index is -4.65. The van der Waals surface area contributed by atoms with Gasteiger partial charge in [0, 0.05) is 32.6 Å². The molecule has 0 aromatic rings. The lowest BCUT2D eigenvalue weighted by Crippen LogP contribution is -2.39. The average Bonchev–Trinajstić information content (AvgIpc) is 3.04. The molecule has 162 valence electrons. The molecule has 3 atom stereocenters. The predicted octanol–water partition coefficient (Wildman–Crippen LogP) is 3.55. The number of allylic oxidation sites excluding steroid dienone is 3. The van der Waals surface area contributed by atoms with E-state index in [0.717, 1.165) is 45.6 Å². The Hall–Kier alpha value is -1.54. The van der Waals surface area contributed by atoms with Crippen LogP contribution < -0.4 is 0 Å². The summed E-state index contributed by atoms with van der Waals surface area (Å²) in [5.74, 6) is 1.99. The third-order valence-electron chi connectivity index (χ3n) is 6.68. The fourth-order valence-corrected chi connectivity index (χ4v) is 5.09. The first-order chi connectivity index (χ1) is 13.7. The molecule has 0 spiro atoms. The minimum absolute atomic E-state index is 0.0562. The zero-order chi connectivity index (χ0) is 20.6. The Morgan fingerprint density at radius 1 is 1.28 bits per heavy atom. The van der Waals surface area contributed by atoms with Gasteiger partial charge in [0.05, 0.1) is 6.54 Å². The van der Waals surface area contributed by atoms with Crippen LogP contribution in [0.3, 0.4) is 0 Å². The second-order valence-electron chi connectivity index (χ2n) is 9.21. The van der Waals surface area contributed by atoms with Crippen molar-refractivity contribution in [2.45, 2.75) is 32.5 Å². The summed E-state index contributed by atoms with van der Waals surface area (Å²) in [7, 11) is 0. The Balaban J connectivity index is 1.15. The van der Waals surface area contributed by atoms with Crippen LogP contribution in [0.15, 0.2) is 24.0 Å². The van der Waals surface area contributed by atoms with Crippen molar-refractivity contribution >= 4 is 5.91 Å². The molecule has 2 aliphatic heterocycles. The van der Waals surface area contributed by atoms with Gasteiger partial charge >= 0.3 is 6.36 Å². The van der Waals surface area contributed by atoms with Gasteiger partial charge in [-0.2, -0.15) is 0 Å². The Kier molecular flexibility index (Phi) is 5.68. The van der Waals surface area contributed by atoms with Gasteiger partial charge < -0.3 is 15.0 Å². The lowest BCUT2D eigenvalue weighted by molar-refractivity contribution is -0.307. The lowest BCUT2D eigenvalue weighted by Gasteiger charge is -2.37. The third-order valence-corrected chi connectivity index (χ3v) is 6.68. The van der Waals surface area contributed by atoms with Crippen LogP contribution in [0.4, 0.5) is 13.2 Å². The van der Waals surface area contributed by atoms with Crippen LogP contribution in [0.5, 0.6) is 0 Å². The zero-order valence-electron chi connectivity index (χ0n) is 16.8. The summed E-state index contributed by atoms with van der Waals surface area (Å²) in [6.07, 6.45) is 2.71. The maximum absolute atomic E-state index is 12.4. The van der Waals surface area contributed by atoms with E-state index in [1.807, 2.05) is 17.9 Å². The Labute approximate surface area is 169 Å². The quantitative estimate of drug-likeness (QED) is 0.643. The average molecular weight is 412 g/mol. The molecule has 0 N–H and O–H groups in total. The summed E-state index contributed by atoms with van der Waals surface area (Å²) < 4.78 is 41.4. The predicted molar refractivity (Wildman–Crippen MR) is 103 cm³/mol. The number of fused-ring (bicyclic) bond motifs is 1. The molecular weight excluding hydrogens is 383 g/mol. The van der Waals surface area contributed by atoms with E-state index in [2.05, 4.69) is 15.0 Å². The van der Waals surface area contributed by atoms with Gasteiger partial charge in [-0.3, -0.25) is 9.69 Å². The molecule has 4 rings (SSSR count). The number of amides is 1. The van der Waals surface area contributed by atoms with Gasteiger partial charge in [0.1, 0.15) is 5.76 Å². The van der Waals surface area contributed by atoms with E-state index in [0.29, 0.717) is 30.8 Å². The Bertz CT molecular complexity index is 675. The summed E-state index contributed by atoms with van der Waals surface area (Å²) in [5.41, 5.74) is -0.437. The monoisotopic (exact) mass is 412 g/mol. The van der Waals surface area contributed by atoms with Gasteiger partial charge in [0.15, 0.2) is 0 Å². The maximum atomic E-state index is 12.4. The fourth-order valence-electron chi connectivity index (χ4n) is 5.09. The van der Waals surface area contributed by atoms with Crippen LogP contribution in [0.2, 0.25) is 0 Å². The summed E-state index contributed by atoms with van der Waals surface area (Å²) in [6, 6.07) is 0. The Morgan fingerprint density at radius 3 is 2.62 bits per heavy atom. The molecule has 3 fully saturated rings. The molecule has 0 radical (unpaired) electrons. The number of hydrogen-bond donors (Lipinski definition) is 0. The topological polar surface area (TPSA) is 46.9 Å². The molecule has 5 nitrogen and oxygen atoms in total. The summed E-state index contributed by atoms with van der Waals surface area (Å²) in [5, 5.41) is 4.68. The van der Waals surface area contributed by atoms with E-state index >= 15 is 0 Å². The normalized spacial score (nSPS) is 34.3. The van der Waals surface area contributed by atoms with Crippen molar-refractivity contribution in [1.29, 1.82) is 0 Å². The summed E-state index contributed by atoms with van der Waals surface area (Å²) >= 11 is 0. The highest BCUT2D eigenvalue weighted by Gasteiger charge is 2.53. The highest BCUT2D eigenvalue weighted by Crippen LogP contribution is 2.52. The van der Waals surface area contributed by atoms with Crippen molar-refractivity contribution in [3.8, 4) is 0 Å². The van der Waals surface area contributed by atoms with E-state index < -0.39 is 11.8 Å². The number of halogens is 3. The molecule has 2 heterocycles. The number of ether oxygens (including phenoxy) is 1. The van der Waals surface area contributed by atoms with Gasteiger partial charge in [-0.1, -0.05) is 25.0 Å². The van der Waals surface area contributed by atoms with Crippen molar-refractivity contribution in [3.63, 3.8) is 0 Å². The number of carbonyl (C=O) groups is 1. The van der Waals surface area contributed by atoms with E-state index in [-0.39, 0.29) is 18.1 Å². The van der Waals surface area contributed by atoms with Crippen LogP contribution in [-0.4, -0.2) is 67.9 Å². The van der Waals surface area contributed by atoms with Gasteiger partial charge in [-0.25, -0.2) is 0 Å². The van der Waals surface area contributed by atoms with Crippen molar-refractivity contribution < 1.29 is 22.7 Å². The largest absolute Gasteiger partial charge is 0.661 e. The number of hydrogen-bond acceptors (Lipinski definition) is 3. The molecule has 2 aliphatic carbocycles. The maximum Gasteiger partial charge on any atom is 0.572 e. The van der Waals surface area contributed by atoms with Crippen LogP contribution in [0.25, 0.3) is 5.32 Å². The van der Waals surface area contributed by atoms with Crippen LogP contribution in [0, 0.1) is 23.2 Å². The summed E-state index contributed by atoms with van der Waals surface area (Å²) in [4.78, 5) is 16.5. The molecule has 1 amide bonds. The Morgan fingerprint density at radius 2 is 1.97 bits per heavy atom. The van der Waals surface area contributed by atoms with Gasteiger partial charge in [-0.05, 0) is 36.2 Å². The van der Waals surface area contributed by atoms with Crippen LogP contribution >= 0.6 is 0 Å². The number of rotatable bonds is 7. The van der Waals surface area contributed by atoms with Gasteiger partial charge in [0.25, 0.3) is 0 Å². The number of nitrogens with zero attached hydrogens (tertiary/aromatic N) is 3. The fraction of sp³-hybridized carbons (Fsp3) is 0.762. The van der Waals surface area contributed by atoms with Crippen molar-refractivity contribution in [3.05, 3.63) is 29.3 Å². The SMILES string of the molecule is CC1(C[N-]CC2C3CN(CC(=O)N4CCCC4)CC23)C=CC=C(OC(F)(F)F)C1. The molecule has 29 heavy (non-hydrogen) atoms. The molecular formula is C21H29F3N3O2-. The highest BCUT2D eigenvalue weighted by molar-refractivity contribution is 5.78. The van der Waals surface area contributed by atoms with Crippen molar-refractivity contribution in [2.75, 3.05) is 45.8 Å². The van der Waals surface area contributed by atoms with Crippen LogP contribution in [0.1, 0.15) is 26.2 Å². The van der Waals surface area contributed by atoms with E-state index in [9.17, 15) is 18.0 Å². The highest BCUT2D eigenvalue weighted by atomic mass is 19.4. The number of carbonyl (C=O) groups excluding carboxylic acids is 1. The van der Waals surface area contributed by atoms with Crippen LogP contribution in [-0.2, 0) is 9.53 Å². The van der Waals surface area contributed by atoms with E-state index in [1.165, 1.54) is 6.08 Å². The molecule has 4 aliphatic rings. The van der Waals surface area contributed by atoms with Gasteiger partial charge in [-0.15, -0.1) is 26.3 Å². The second kappa shape index (κ2) is 7.95. The zero-order valence-corrected chi connectivity index (χ0v) is 16.8. The van der Waals surface area contributed by atoms with E-state index in [1.54, 1.807) is 6.08 Å². The van der Waals surface area contributed by atoms with E-state index in [4.69, 9.17) is 0 Å². The summed E-state index contributed by atoms with van der Waals surface area (Å²) in [6.45, 7) is 7.44. The van der Waals surface area contributed by atoms with Gasteiger partial charge in [0.2, 0.25) is 5.91 Å². The smallest absolute Gasteiger partial charge is 0.572 e. The lowest BCUT2D eigenvalue weighted by atomic mass is 9.82. The number of alkyl halides is 3. The molecule has 2 saturated heterocycles. The first kappa shape index (κ1) is 20.7. The van der Waals surface area contributed by atoms with Crippen molar-refractivity contribution in [1.82, 2.24) is 9.80 Å². The molecule has 0 aromatic carbocycles. The molecule has 0 aromatic heterocycles. The third kappa shape index (κ3) is 5.15. The first-order valence-electron chi connectivity index (χ1n) is 10.5. The molecule has 3 unspecified atom stereocenters. The molecule has 1 saturated carbocycles. The van der Waals surface area contributed by atoms with Crippen molar-refractivity contribution in [2.24, 2.45) is 23.2 Å². The first-order valence-corrected chi connectivity index (χ1v) is 10.5. The minimum Gasteiger partial charge on any atom is -0.661 e. The molecule has 8 heteroatoms. The number of likely N-dealkylation sites (tertiary alicyclic amines) is 2. The number of piperidine rings is 1. The standard InChI is InChI=1S/C21H29F3N3O2/c1-20(6-4-5-15(9-20)29-21(22,23)24)14-25-10-16-17-11-26(12-18(16)17)13-19(28)27-7-2-3-8-27/h4-6,16-18H,2-3,7-14H2,1H3/q-1. The molecule has 0 bridgehead atoms.